The van der Waals surface area contributed by atoms with Gasteiger partial charge in [-0.2, -0.15) is 0 Å². The largest absolute Gasteiger partial charge is 0.461 e. The van der Waals surface area contributed by atoms with E-state index in [0.717, 1.165) is 0 Å². The molecule has 2 atom stereocenters. The van der Waals surface area contributed by atoms with Gasteiger partial charge in [-0.15, -0.1) is 0 Å². The molecule has 0 spiro atoms. The van der Waals surface area contributed by atoms with Gasteiger partial charge in [0.05, 0.1) is 0 Å². The zero-order chi connectivity index (χ0) is 16.5. The van der Waals surface area contributed by atoms with Crippen molar-refractivity contribution in [1.82, 2.24) is 0 Å². The Balaban J connectivity index is 2.81. The fourth-order valence-electron chi connectivity index (χ4n) is 1.92. The minimum Gasteiger partial charge on any atom is -0.461 e. The summed E-state index contributed by atoms with van der Waals surface area (Å²) in [4.78, 5) is 46.5. The summed E-state index contributed by atoms with van der Waals surface area (Å²) >= 11 is 0. The zero-order valence-electron chi connectivity index (χ0n) is 12.7. The average molecular weight is 308 g/mol. The van der Waals surface area contributed by atoms with Gasteiger partial charge in [0.25, 0.3) is 0 Å². The summed E-state index contributed by atoms with van der Waals surface area (Å²) in [7, 11) is 0. The maximum Gasteiger partial charge on any atom is 0.317 e. The van der Waals surface area contributed by atoms with Crippen LogP contribution >= 0.6 is 0 Å². The molecule has 0 N–H and O–H groups in total. The van der Waals surface area contributed by atoms with Gasteiger partial charge in [-0.1, -0.05) is 24.3 Å². The summed E-state index contributed by atoms with van der Waals surface area (Å²) in [5.41, 5.74) is 0. The van der Waals surface area contributed by atoms with E-state index in [1.807, 2.05) is 0 Å². The van der Waals surface area contributed by atoms with Crippen LogP contribution < -0.4 is 0 Å². The first kappa shape index (κ1) is 17.8. The maximum atomic E-state index is 11.8. The molecule has 0 aliphatic carbocycles. The topological polar surface area (TPSA) is 86.7 Å². The second-order valence-electron chi connectivity index (χ2n) is 5.00. The van der Waals surface area contributed by atoms with Crippen LogP contribution in [-0.4, -0.2) is 36.7 Å². The number of ether oxygens (including phenoxy) is 2. The number of carbonyl (C=O) groups excluding carboxylic acids is 4. The normalized spacial score (nSPS) is 27.0. The van der Waals surface area contributed by atoms with Gasteiger partial charge in [-0.3, -0.25) is 19.2 Å². The Bertz CT molecular complexity index is 457. The minimum atomic E-state index is -0.853. The minimum absolute atomic E-state index is 0.00794. The van der Waals surface area contributed by atoms with Gasteiger partial charge >= 0.3 is 11.9 Å². The van der Waals surface area contributed by atoms with Gasteiger partial charge in [0.2, 0.25) is 0 Å². The zero-order valence-corrected chi connectivity index (χ0v) is 12.7. The Hall–Kier alpha value is -2.24. The molecule has 1 aliphatic rings. The molecule has 0 saturated carbocycles. The number of Topliss-reactive ketones (excluding diaryl/α,β-unsaturated/α-hetero) is 2. The molecule has 0 radical (unpaired) electrons. The molecule has 2 unspecified atom stereocenters. The van der Waals surface area contributed by atoms with Crippen LogP contribution in [0.2, 0.25) is 0 Å². The smallest absolute Gasteiger partial charge is 0.317 e. The van der Waals surface area contributed by atoms with Crippen molar-refractivity contribution in [3.05, 3.63) is 24.3 Å². The SMILES string of the molecule is CC(=O)C1C/C=C/COC(=O)C(C(C)=O)C/C=C/COC1=O. The highest BCUT2D eigenvalue weighted by Crippen LogP contribution is 2.12. The molecule has 0 bridgehead atoms. The lowest BCUT2D eigenvalue weighted by Crippen LogP contribution is -2.25. The van der Waals surface area contributed by atoms with Crippen molar-refractivity contribution >= 4 is 23.5 Å². The second kappa shape index (κ2) is 8.92. The summed E-state index contributed by atoms with van der Waals surface area (Å²) < 4.78 is 10.0. The number of carbonyl (C=O) groups is 4. The number of cyclic esters (lactones) is 2. The van der Waals surface area contributed by atoms with Crippen LogP contribution in [0.1, 0.15) is 26.7 Å². The van der Waals surface area contributed by atoms with Crippen LogP contribution in [0, 0.1) is 11.8 Å². The van der Waals surface area contributed by atoms with E-state index in [4.69, 9.17) is 9.47 Å². The Labute approximate surface area is 129 Å². The van der Waals surface area contributed by atoms with Gasteiger partial charge in [-0.25, -0.2) is 0 Å². The van der Waals surface area contributed by atoms with Gasteiger partial charge < -0.3 is 9.47 Å². The van der Waals surface area contributed by atoms with Crippen LogP contribution in [0.5, 0.6) is 0 Å². The molecule has 0 aromatic heterocycles. The second-order valence-corrected chi connectivity index (χ2v) is 5.00. The molecule has 0 aromatic carbocycles. The molecular weight excluding hydrogens is 288 g/mol. The van der Waals surface area contributed by atoms with Gasteiger partial charge in [0, 0.05) is 0 Å². The van der Waals surface area contributed by atoms with Crippen LogP contribution in [0.15, 0.2) is 24.3 Å². The van der Waals surface area contributed by atoms with Crippen molar-refractivity contribution in [1.29, 1.82) is 0 Å². The van der Waals surface area contributed by atoms with Crippen LogP contribution in [0.4, 0.5) is 0 Å². The van der Waals surface area contributed by atoms with E-state index in [2.05, 4.69) is 0 Å². The molecule has 6 heteroatoms. The molecule has 0 saturated heterocycles. The lowest BCUT2D eigenvalue weighted by atomic mass is 10.0. The number of hydrogen-bond acceptors (Lipinski definition) is 6. The molecule has 0 fully saturated rings. The first-order valence-electron chi connectivity index (χ1n) is 7.07. The predicted octanol–water partition coefficient (Wildman–Crippen LogP) is 1.39. The predicted molar refractivity (Wildman–Crippen MR) is 77.8 cm³/mol. The fraction of sp³-hybridized carbons (Fsp3) is 0.500. The first-order chi connectivity index (χ1) is 10.4. The van der Waals surface area contributed by atoms with Crippen molar-refractivity contribution in [2.24, 2.45) is 11.8 Å². The van der Waals surface area contributed by atoms with Crippen molar-refractivity contribution in [2.45, 2.75) is 26.7 Å². The van der Waals surface area contributed by atoms with Crippen molar-refractivity contribution in [3.63, 3.8) is 0 Å². The summed E-state index contributed by atoms with van der Waals surface area (Å²) in [6.45, 7) is 2.64. The van der Waals surface area contributed by atoms with Crippen molar-refractivity contribution in [2.75, 3.05) is 13.2 Å². The lowest BCUT2D eigenvalue weighted by Gasteiger charge is -2.12. The number of rotatable bonds is 2. The van der Waals surface area contributed by atoms with Crippen LogP contribution in [-0.2, 0) is 28.7 Å². The number of esters is 2. The van der Waals surface area contributed by atoms with E-state index in [-0.39, 0.29) is 37.6 Å². The van der Waals surface area contributed by atoms with Crippen molar-refractivity contribution in [3.8, 4) is 0 Å². The lowest BCUT2D eigenvalue weighted by molar-refractivity contribution is -0.152. The van der Waals surface area contributed by atoms with E-state index in [1.54, 1.807) is 24.3 Å². The quantitative estimate of drug-likeness (QED) is 0.435. The Morgan fingerprint density at radius 3 is 1.50 bits per heavy atom. The molecule has 120 valence electrons. The van der Waals surface area contributed by atoms with Crippen LogP contribution in [0.25, 0.3) is 0 Å². The number of allylic oxidation sites excluding steroid dienone is 2. The van der Waals surface area contributed by atoms with E-state index in [1.165, 1.54) is 13.8 Å². The third kappa shape index (κ3) is 5.63. The summed E-state index contributed by atoms with van der Waals surface area (Å²) in [6.07, 6.45) is 6.63. The highest BCUT2D eigenvalue weighted by molar-refractivity contribution is 5.98. The standard InChI is InChI=1S/C16H20O6/c1-11(17)13-7-3-5-10-22-16(20)14(12(2)18)8-4-6-9-21-15(13)19/h3-6,13-14H,7-10H2,1-2H3/b5-3+,6-4+. The Morgan fingerprint density at radius 2 is 1.18 bits per heavy atom. The molecule has 1 rings (SSSR count). The van der Waals surface area contributed by atoms with Crippen LogP contribution in [0.3, 0.4) is 0 Å². The first-order valence-corrected chi connectivity index (χ1v) is 7.07. The molecule has 22 heavy (non-hydrogen) atoms. The number of ketones is 2. The molecule has 0 amide bonds. The van der Waals surface area contributed by atoms with E-state index < -0.39 is 23.8 Å². The van der Waals surface area contributed by atoms with Gasteiger partial charge in [0.1, 0.15) is 36.6 Å². The summed E-state index contributed by atoms with van der Waals surface area (Å²) in [5.74, 6) is -3.43. The highest BCUT2D eigenvalue weighted by Gasteiger charge is 2.25. The van der Waals surface area contributed by atoms with Gasteiger partial charge in [0.15, 0.2) is 0 Å². The summed E-state index contributed by atoms with van der Waals surface area (Å²) in [6, 6.07) is 0. The Morgan fingerprint density at radius 1 is 0.818 bits per heavy atom. The summed E-state index contributed by atoms with van der Waals surface area (Å²) in [5, 5.41) is 0. The highest BCUT2D eigenvalue weighted by atomic mass is 16.5. The third-order valence-electron chi connectivity index (χ3n) is 3.27. The van der Waals surface area contributed by atoms with E-state index in [9.17, 15) is 19.2 Å². The van der Waals surface area contributed by atoms with E-state index in [0.29, 0.717) is 0 Å². The Kier molecular flexibility index (Phi) is 7.22. The van der Waals surface area contributed by atoms with E-state index >= 15 is 0 Å². The fourth-order valence-corrected chi connectivity index (χ4v) is 1.92. The molecule has 1 aliphatic heterocycles. The molecule has 6 nitrogen and oxygen atoms in total. The van der Waals surface area contributed by atoms with Crippen molar-refractivity contribution < 1.29 is 28.7 Å². The maximum absolute atomic E-state index is 11.8. The average Bonchev–Trinajstić information content (AvgIpc) is 2.44. The van der Waals surface area contributed by atoms with Gasteiger partial charge in [-0.05, 0) is 26.7 Å². The molecular formula is C16H20O6. The number of hydrogen-bond donors (Lipinski definition) is 0. The third-order valence-corrected chi connectivity index (χ3v) is 3.27. The monoisotopic (exact) mass is 308 g/mol. The molecule has 1 heterocycles. The molecule has 0 aromatic rings.